The molecule has 0 saturated carbocycles. The third-order valence-electron chi connectivity index (χ3n) is 1.67. The smallest absolute Gasteiger partial charge is 0.247 e. The number of anilines is 2. The first-order valence-corrected chi connectivity index (χ1v) is 6.32. The molecule has 0 unspecified atom stereocenters. The van der Waals surface area contributed by atoms with Crippen LogP contribution in [0.3, 0.4) is 0 Å². The third-order valence-corrected chi connectivity index (χ3v) is 2.26. The molecule has 0 fully saturated rings. The summed E-state index contributed by atoms with van der Waals surface area (Å²) in [4.78, 5) is 11.1. The highest BCUT2D eigenvalue weighted by Gasteiger charge is 2.07. The molecule has 1 rings (SSSR count). The Kier molecular flexibility index (Phi) is 3.68. The molecule has 0 spiro atoms. The van der Waals surface area contributed by atoms with Crippen LogP contribution in [-0.4, -0.2) is 20.6 Å². The fourth-order valence-electron chi connectivity index (χ4n) is 1.06. The summed E-state index contributed by atoms with van der Waals surface area (Å²) in [5.74, 6) is -0.400. The maximum atomic E-state index is 11.1. The van der Waals surface area contributed by atoms with Gasteiger partial charge in [-0.05, 0) is 18.2 Å². The lowest BCUT2D eigenvalue weighted by Crippen LogP contribution is -2.14. The molecule has 6 heteroatoms. The number of sulfonamides is 1. The van der Waals surface area contributed by atoms with Gasteiger partial charge in [-0.3, -0.25) is 9.52 Å². The predicted octanol–water partition coefficient (Wildman–Crippen LogP) is 1.18. The molecule has 0 aliphatic heterocycles. The summed E-state index contributed by atoms with van der Waals surface area (Å²) in [6.07, 6.45) is 2.15. The number of carbonyl (C=O) groups is 1. The van der Waals surface area contributed by atoms with Gasteiger partial charge in [0.25, 0.3) is 0 Å². The minimum absolute atomic E-state index is 0.320. The van der Waals surface area contributed by atoms with Gasteiger partial charge in [0.1, 0.15) is 0 Å². The quantitative estimate of drug-likeness (QED) is 0.776. The van der Waals surface area contributed by atoms with Crippen molar-refractivity contribution in [2.45, 2.75) is 0 Å². The van der Waals surface area contributed by atoms with E-state index in [9.17, 15) is 13.2 Å². The van der Waals surface area contributed by atoms with Crippen molar-refractivity contribution in [3.05, 3.63) is 36.9 Å². The van der Waals surface area contributed by atoms with Gasteiger partial charge in [-0.2, -0.15) is 0 Å². The minimum Gasteiger partial charge on any atom is -0.321 e. The van der Waals surface area contributed by atoms with E-state index in [4.69, 9.17) is 0 Å². The summed E-state index contributed by atoms with van der Waals surface area (Å²) < 4.78 is 24.4. The monoisotopic (exact) mass is 240 g/mol. The zero-order valence-electron chi connectivity index (χ0n) is 8.73. The Morgan fingerprint density at radius 2 is 1.88 bits per heavy atom. The third kappa shape index (κ3) is 3.74. The van der Waals surface area contributed by atoms with Crippen molar-refractivity contribution in [1.82, 2.24) is 0 Å². The lowest BCUT2D eigenvalue weighted by molar-refractivity contribution is -0.111. The topological polar surface area (TPSA) is 75.3 Å². The molecular formula is C10H12N2O3S. The Hall–Kier alpha value is -1.82. The Labute approximate surface area is 94.2 Å². The van der Waals surface area contributed by atoms with Gasteiger partial charge in [0.05, 0.1) is 17.6 Å². The van der Waals surface area contributed by atoms with Crippen LogP contribution in [0.5, 0.6) is 0 Å². The highest BCUT2D eigenvalue weighted by atomic mass is 32.2. The predicted molar refractivity (Wildman–Crippen MR) is 63.7 cm³/mol. The molecule has 2 N–H and O–H groups in total. The molecule has 0 aliphatic carbocycles. The second-order valence-electron chi connectivity index (χ2n) is 3.11. The largest absolute Gasteiger partial charge is 0.321 e. The molecule has 0 aliphatic rings. The van der Waals surface area contributed by atoms with Crippen molar-refractivity contribution in [2.24, 2.45) is 0 Å². The van der Waals surface area contributed by atoms with Crippen LogP contribution in [0.25, 0.3) is 0 Å². The molecule has 16 heavy (non-hydrogen) atoms. The average molecular weight is 240 g/mol. The van der Waals surface area contributed by atoms with Gasteiger partial charge in [0, 0.05) is 0 Å². The van der Waals surface area contributed by atoms with Crippen LogP contribution in [-0.2, 0) is 14.8 Å². The first kappa shape index (κ1) is 12.3. The van der Waals surface area contributed by atoms with E-state index in [1.807, 2.05) is 0 Å². The number of amides is 1. The fourth-order valence-corrected chi connectivity index (χ4v) is 1.64. The van der Waals surface area contributed by atoms with Crippen LogP contribution in [0.2, 0.25) is 0 Å². The van der Waals surface area contributed by atoms with Crippen molar-refractivity contribution < 1.29 is 13.2 Å². The number of benzene rings is 1. The summed E-state index contributed by atoms with van der Waals surface area (Å²) in [6, 6.07) is 6.50. The van der Waals surface area contributed by atoms with Gasteiger partial charge in [-0.15, -0.1) is 0 Å². The molecule has 1 aromatic carbocycles. The molecule has 0 bridgehead atoms. The standard InChI is InChI=1S/C10H12N2O3S/c1-3-10(13)11-8-6-4-5-7-9(8)12-16(2,14)15/h3-7,12H,1H2,2H3,(H,11,13). The Bertz CT molecular complexity index is 509. The Balaban J connectivity index is 3.00. The van der Waals surface area contributed by atoms with Crippen LogP contribution in [0.15, 0.2) is 36.9 Å². The van der Waals surface area contributed by atoms with Crippen LogP contribution in [0.1, 0.15) is 0 Å². The van der Waals surface area contributed by atoms with Gasteiger partial charge in [-0.25, -0.2) is 8.42 Å². The zero-order chi connectivity index (χ0) is 12.2. The van der Waals surface area contributed by atoms with Crippen LogP contribution >= 0.6 is 0 Å². The van der Waals surface area contributed by atoms with E-state index >= 15 is 0 Å². The van der Waals surface area contributed by atoms with E-state index in [1.165, 1.54) is 0 Å². The summed E-state index contributed by atoms with van der Waals surface area (Å²) in [6.45, 7) is 3.31. The number of hydrogen-bond donors (Lipinski definition) is 2. The Morgan fingerprint density at radius 3 is 2.38 bits per heavy atom. The van der Waals surface area contributed by atoms with Crippen molar-refractivity contribution in [2.75, 3.05) is 16.3 Å². The normalized spacial score (nSPS) is 10.6. The minimum atomic E-state index is -3.37. The summed E-state index contributed by atoms with van der Waals surface area (Å²) in [5, 5.41) is 2.50. The van der Waals surface area contributed by atoms with Crippen LogP contribution < -0.4 is 10.0 Å². The van der Waals surface area contributed by atoms with Crippen molar-refractivity contribution in [3.8, 4) is 0 Å². The summed E-state index contributed by atoms with van der Waals surface area (Å²) in [5.41, 5.74) is 0.707. The number of para-hydroxylation sites is 2. The molecule has 0 saturated heterocycles. The first-order chi connectivity index (χ1) is 7.42. The maximum absolute atomic E-state index is 11.1. The van der Waals surface area contributed by atoms with E-state index in [0.29, 0.717) is 11.4 Å². The van der Waals surface area contributed by atoms with Gasteiger partial charge < -0.3 is 5.32 Å². The van der Waals surface area contributed by atoms with E-state index in [1.54, 1.807) is 24.3 Å². The molecule has 5 nitrogen and oxygen atoms in total. The lowest BCUT2D eigenvalue weighted by atomic mass is 10.2. The molecule has 0 radical (unpaired) electrons. The molecule has 0 atom stereocenters. The van der Waals surface area contributed by atoms with Gasteiger partial charge in [0.2, 0.25) is 15.9 Å². The lowest BCUT2D eigenvalue weighted by Gasteiger charge is -2.10. The van der Waals surface area contributed by atoms with Crippen molar-refractivity contribution in [3.63, 3.8) is 0 Å². The zero-order valence-corrected chi connectivity index (χ0v) is 9.54. The second kappa shape index (κ2) is 4.80. The number of nitrogens with one attached hydrogen (secondary N) is 2. The van der Waals surface area contributed by atoms with E-state index in [2.05, 4.69) is 16.6 Å². The number of rotatable bonds is 4. The van der Waals surface area contributed by atoms with Gasteiger partial charge >= 0.3 is 0 Å². The van der Waals surface area contributed by atoms with Crippen molar-refractivity contribution in [1.29, 1.82) is 0 Å². The average Bonchev–Trinajstić information content (AvgIpc) is 2.18. The highest BCUT2D eigenvalue weighted by Crippen LogP contribution is 2.21. The Morgan fingerprint density at radius 1 is 1.31 bits per heavy atom. The maximum Gasteiger partial charge on any atom is 0.247 e. The van der Waals surface area contributed by atoms with Gasteiger partial charge in [0.15, 0.2) is 0 Å². The fraction of sp³-hybridized carbons (Fsp3) is 0.100. The highest BCUT2D eigenvalue weighted by molar-refractivity contribution is 7.92. The number of hydrogen-bond acceptors (Lipinski definition) is 3. The van der Waals surface area contributed by atoms with E-state index < -0.39 is 15.9 Å². The second-order valence-corrected chi connectivity index (χ2v) is 4.86. The first-order valence-electron chi connectivity index (χ1n) is 4.42. The molecule has 0 heterocycles. The van der Waals surface area contributed by atoms with Gasteiger partial charge in [-0.1, -0.05) is 18.7 Å². The molecule has 1 aromatic rings. The molecule has 86 valence electrons. The molecule has 0 aromatic heterocycles. The SMILES string of the molecule is C=CC(=O)Nc1ccccc1NS(C)(=O)=O. The van der Waals surface area contributed by atoms with Crippen LogP contribution in [0.4, 0.5) is 11.4 Å². The van der Waals surface area contributed by atoms with E-state index in [0.717, 1.165) is 12.3 Å². The molecular weight excluding hydrogens is 228 g/mol. The van der Waals surface area contributed by atoms with Crippen molar-refractivity contribution >= 4 is 27.3 Å². The summed E-state index contributed by atoms with van der Waals surface area (Å²) >= 11 is 0. The number of carbonyl (C=O) groups excluding carboxylic acids is 1. The summed E-state index contributed by atoms with van der Waals surface area (Å²) in [7, 11) is -3.37. The van der Waals surface area contributed by atoms with E-state index in [-0.39, 0.29) is 0 Å². The molecule has 1 amide bonds. The van der Waals surface area contributed by atoms with Crippen LogP contribution in [0, 0.1) is 0 Å².